The van der Waals surface area contributed by atoms with Crippen molar-refractivity contribution in [1.29, 1.82) is 0 Å². The third-order valence-corrected chi connectivity index (χ3v) is 6.46. The highest BCUT2D eigenvalue weighted by atomic mass is 32.2. The second-order valence-corrected chi connectivity index (χ2v) is 9.27. The van der Waals surface area contributed by atoms with Crippen LogP contribution in [0.5, 0.6) is 0 Å². The third kappa shape index (κ3) is 3.95. The van der Waals surface area contributed by atoms with E-state index in [9.17, 15) is 18.0 Å². The van der Waals surface area contributed by atoms with Crippen molar-refractivity contribution < 1.29 is 18.0 Å². The number of carbonyl (C=O) groups excluding carboxylic acids is 2. The highest BCUT2D eigenvalue weighted by molar-refractivity contribution is 7.91. The van der Waals surface area contributed by atoms with Gasteiger partial charge >= 0.3 is 0 Å². The number of anilines is 1. The Morgan fingerprint density at radius 1 is 1.27 bits per heavy atom. The molecule has 0 radical (unpaired) electrons. The lowest BCUT2D eigenvalue weighted by molar-refractivity contribution is -0.133. The average molecular weight is 377 g/mol. The van der Waals surface area contributed by atoms with E-state index in [1.807, 2.05) is 38.1 Å². The summed E-state index contributed by atoms with van der Waals surface area (Å²) in [7, 11) is -3.13. The van der Waals surface area contributed by atoms with Gasteiger partial charge in [-0.3, -0.25) is 9.59 Å². The molecule has 3 rings (SSSR count). The lowest BCUT2D eigenvalue weighted by atomic mass is 10.0. The number of hydrogen-bond donors (Lipinski definition) is 1. The van der Waals surface area contributed by atoms with Crippen molar-refractivity contribution in [2.45, 2.75) is 45.1 Å². The molecule has 1 fully saturated rings. The highest BCUT2D eigenvalue weighted by Gasteiger charge is 2.37. The van der Waals surface area contributed by atoms with Crippen LogP contribution in [-0.4, -0.2) is 48.5 Å². The molecule has 1 N–H and O–H groups in total. The van der Waals surface area contributed by atoms with Gasteiger partial charge < -0.3 is 5.32 Å². The molecule has 2 aliphatic rings. The molecule has 7 nitrogen and oxygen atoms in total. The molecular weight excluding hydrogens is 354 g/mol. The number of sulfone groups is 1. The zero-order valence-electron chi connectivity index (χ0n) is 14.9. The number of hydrazone groups is 1. The van der Waals surface area contributed by atoms with Gasteiger partial charge in [0.05, 0.1) is 17.5 Å². The van der Waals surface area contributed by atoms with Crippen LogP contribution in [0.4, 0.5) is 5.69 Å². The molecule has 2 amide bonds. The molecule has 0 aromatic heterocycles. The maximum atomic E-state index is 12.6. The van der Waals surface area contributed by atoms with Gasteiger partial charge in [0.2, 0.25) is 5.91 Å². The fraction of sp³-hybridized carbons (Fsp3) is 0.500. The van der Waals surface area contributed by atoms with Crippen molar-refractivity contribution in [2.75, 3.05) is 16.8 Å². The monoisotopic (exact) mass is 377 g/mol. The molecule has 0 bridgehead atoms. The van der Waals surface area contributed by atoms with Crippen molar-refractivity contribution >= 4 is 33.1 Å². The summed E-state index contributed by atoms with van der Waals surface area (Å²) < 4.78 is 23.4. The minimum absolute atomic E-state index is 0.0558. The van der Waals surface area contributed by atoms with E-state index >= 15 is 0 Å². The molecule has 0 spiro atoms. The molecule has 2 heterocycles. The summed E-state index contributed by atoms with van der Waals surface area (Å²) in [5, 5.41) is 8.29. The van der Waals surface area contributed by atoms with Gasteiger partial charge in [-0.15, -0.1) is 0 Å². The molecule has 1 atom stereocenters. The molecule has 1 saturated heterocycles. The number of nitrogens with zero attached hydrogens (tertiary/aromatic N) is 2. The van der Waals surface area contributed by atoms with Crippen LogP contribution in [0.25, 0.3) is 0 Å². The molecule has 1 aromatic rings. The molecule has 8 heteroatoms. The van der Waals surface area contributed by atoms with E-state index in [1.165, 1.54) is 5.01 Å². The number of nitrogens with one attached hydrogen (secondary N) is 1. The van der Waals surface area contributed by atoms with Crippen molar-refractivity contribution in [3.8, 4) is 0 Å². The maximum absolute atomic E-state index is 12.6. The van der Waals surface area contributed by atoms with Crippen molar-refractivity contribution in [1.82, 2.24) is 5.01 Å². The number of amides is 2. The van der Waals surface area contributed by atoms with Crippen LogP contribution in [0.15, 0.2) is 29.4 Å². The lowest BCUT2D eigenvalue weighted by Gasteiger charge is -2.27. The largest absolute Gasteiger partial charge is 0.321 e. The van der Waals surface area contributed by atoms with Gasteiger partial charge in [0.25, 0.3) is 5.91 Å². The Kier molecular flexibility index (Phi) is 5.13. The zero-order chi connectivity index (χ0) is 18.9. The van der Waals surface area contributed by atoms with Gasteiger partial charge in [0.15, 0.2) is 9.84 Å². The van der Waals surface area contributed by atoms with E-state index in [0.717, 1.165) is 11.3 Å². The minimum atomic E-state index is -3.13. The van der Waals surface area contributed by atoms with Crippen LogP contribution >= 0.6 is 0 Å². The predicted molar refractivity (Wildman–Crippen MR) is 99.7 cm³/mol. The molecule has 2 aliphatic heterocycles. The molecule has 26 heavy (non-hydrogen) atoms. The summed E-state index contributed by atoms with van der Waals surface area (Å²) in [6, 6.07) is 7.09. The number of carbonyl (C=O) groups is 2. The van der Waals surface area contributed by atoms with Crippen LogP contribution in [0, 0.1) is 0 Å². The van der Waals surface area contributed by atoms with Gasteiger partial charge in [-0.25, -0.2) is 13.4 Å². The quantitative estimate of drug-likeness (QED) is 0.867. The SMILES string of the molecule is CC(C)c1ccccc1NC(=O)C1=NN([C@H]2CCS(=O)(=O)C2)C(=O)CC1. The van der Waals surface area contributed by atoms with Crippen molar-refractivity contribution in [3.63, 3.8) is 0 Å². The average Bonchev–Trinajstić information content (AvgIpc) is 2.95. The summed E-state index contributed by atoms with van der Waals surface area (Å²) in [4.78, 5) is 24.8. The van der Waals surface area contributed by atoms with E-state index in [1.54, 1.807) is 0 Å². The fourth-order valence-corrected chi connectivity index (χ4v) is 4.99. The van der Waals surface area contributed by atoms with Crippen molar-refractivity contribution in [2.24, 2.45) is 5.10 Å². The van der Waals surface area contributed by atoms with E-state index in [0.29, 0.717) is 6.42 Å². The second kappa shape index (κ2) is 7.19. The smallest absolute Gasteiger partial charge is 0.271 e. The van der Waals surface area contributed by atoms with Crippen LogP contribution in [0.3, 0.4) is 0 Å². The third-order valence-electron chi connectivity index (χ3n) is 4.71. The van der Waals surface area contributed by atoms with E-state index in [-0.39, 0.29) is 47.8 Å². The van der Waals surface area contributed by atoms with E-state index < -0.39 is 15.9 Å². The first-order chi connectivity index (χ1) is 12.3. The Morgan fingerprint density at radius 2 is 2.00 bits per heavy atom. The molecular formula is C18H23N3O4S. The van der Waals surface area contributed by atoms with Gasteiger partial charge in [-0.2, -0.15) is 5.10 Å². The first-order valence-corrected chi connectivity index (χ1v) is 10.6. The Balaban J connectivity index is 1.79. The van der Waals surface area contributed by atoms with Gasteiger partial charge in [-0.05, 0) is 24.0 Å². The normalized spacial score (nSPS) is 22.4. The van der Waals surface area contributed by atoms with Gasteiger partial charge in [-0.1, -0.05) is 32.0 Å². The van der Waals surface area contributed by atoms with E-state index in [2.05, 4.69) is 10.4 Å². The van der Waals surface area contributed by atoms with E-state index in [4.69, 9.17) is 0 Å². The summed E-state index contributed by atoms with van der Waals surface area (Å²) in [6.07, 6.45) is 0.780. The summed E-state index contributed by atoms with van der Waals surface area (Å²) in [5.41, 5.74) is 2.00. The molecule has 0 saturated carbocycles. The zero-order valence-corrected chi connectivity index (χ0v) is 15.8. The number of benzene rings is 1. The van der Waals surface area contributed by atoms with Gasteiger partial charge in [0.1, 0.15) is 5.71 Å². The lowest BCUT2D eigenvalue weighted by Crippen LogP contribution is -2.42. The Hall–Kier alpha value is -2.22. The molecule has 0 unspecified atom stereocenters. The van der Waals surface area contributed by atoms with Crippen LogP contribution in [0.2, 0.25) is 0 Å². The van der Waals surface area contributed by atoms with Gasteiger partial charge in [0, 0.05) is 18.5 Å². The Labute approximate surface area is 153 Å². The Bertz CT molecular complexity index is 861. The van der Waals surface area contributed by atoms with Crippen LogP contribution in [-0.2, 0) is 19.4 Å². The Morgan fingerprint density at radius 3 is 2.65 bits per heavy atom. The molecule has 1 aromatic carbocycles. The highest BCUT2D eigenvalue weighted by Crippen LogP contribution is 2.25. The summed E-state index contributed by atoms with van der Waals surface area (Å²) in [5.74, 6) is -0.364. The second-order valence-electron chi connectivity index (χ2n) is 7.04. The topological polar surface area (TPSA) is 95.9 Å². The maximum Gasteiger partial charge on any atom is 0.271 e. The number of rotatable bonds is 4. The standard InChI is InChI=1S/C18H23N3O4S/c1-12(2)14-5-3-4-6-15(14)19-18(23)16-7-8-17(22)21(20-16)13-9-10-26(24,25)11-13/h3-6,12-13H,7-11H2,1-2H3,(H,19,23)/t13-/m0/s1. The molecule has 0 aliphatic carbocycles. The fourth-order valence-electron chi connectivity index (χ4n) is 3.30. The van der Waals surface area contributed by atoms with Crippen LogP contribution < -0.4 is 5.32 Å². The molecule has 140 valence electrons. The predicted octanol–water partition coefficient (Wildman–Crippen LogP) is 1.91. The van der Waals surface area contributed by atoms with Crippen LogP contribution in [0.1, 0.15) is 44.6 Å². The first-order valence-electron chi connectivity index (χ1n) is 8.77. The summed E-state index contributed by atoms with van der Waals surface area (Å²) in [6.45, 7) is 4.09. The minimum Gasteiger partial charge on any atom is -0.321 e. The van der Waals surface area contributed by atoms with Crippen molar-refractivity contribution in [3.05, 3.63) is 29.8 Å². The number of hydrogen-bond acceptors (Lipinski definition) is 5. The first kappa shape index (κ1) is 18.6. The summed E-state index contributed by atoms with van der Waals surface area (Å²) >= 11 is 0. The number of para-hydroxylation sites is 1.